The molecule has 4 heteroatoms. The number of carbonyl (C=O) groups is 1. The van der Waals surface area contributed by atoms with Crippen molar-refractivity contribution in [3.8, 4) is 0 Å². The largest absolute Gasteiger partial charge is 0.384 e. The number of anilines is 2. The molecule has 0 atom stereocenters. The SMILES string of the molecule is CC(C)CNc1ccc(NC(=O)c2ccc(C(C)(C)C)cc2)nc1. The molecule has 0 fully saturated rings. The van der Waals surface area contributed by atoms with Gasteiger partial charge < -0.3 is 10.6 Å². The molecule has 0 unspecified atom stereocenters. The van der Waals surface area contributed by atoms with Gasteiger partial charge in [0.15, 0.2) is 0 Å². The zero-order chi connectivity index (χ0) is 17.7. The van der Waals surface area contributed by atoms with Crippen LogP contribution in [0.15, 0.2) is 42.6 Å². The van der Waals surface area contributed by atoms with Crippen molar-refractivity contribution in [1.29, 1.82) is 0 Å². The molecule has 2 rings (SSSR count). The molecule has 0 aliphatic heterocycles. The van der Waals surface area contributed by atoms with Crippen LogP contribution in [-0.2, 0) is 5.41 Å². The van der Waals surface area contributed by atoms with E-state index in [1.54, 1.807) is 6.20 Å². The van der Waals surface area contributed by atoms with E-state index in [0.717, 1.165) is 12.2 Å². The number of benzene rings is 1. The third kappa shape index (κ3) is 5.08. The van der Waals surface area contributed by atoms with E-state index in [1.165, 1.54) is 5.56 Å². The van der Waals surface area contributed by atoms with Gasteiger partial charge in [-0.15, -0.1) is 0 Å². The molecule has 128 valence electrons. The maximum Gasteiger partial charge on any atom is 0.256 e. The molecule has 1 heterocycles. The topological polar surface area (TPSA) is 54.0 Å². The maximum absolute atomic E-state index is 12.3. The molecular weight excluding hydrogens is 298 g/mol. The van der Waals surface area contributed by atoms with Crippen LogP contribution < -0.4 is 10.6 Å². The number of pyridine rings is 1. The minimum Gasteiger partial charge on any atom is -0.384 e. The molecule has 2 N–H and O–H groups in total. The van der Waals surface area contributed by atoms with Crippen LogP contribution in [0.25, 0.3) is 0 Å². The zero-order valence-corrected chi connectivity index (χ0v) is 15.2. The Morgan fingerprint density at radius 2 is 1.75 bits per heavy atom. The van der Waals surface area contributed by atoms with Gasteiger partial charge in [0.05, 0.1) is 11.9 Å². The third-order valence-electron chi connectivity index (χ3n) is 3.73. The molecule has 1 aromatic heterocycles. The van der Waals surface area contributed by atoms with Crippen molar-refractivity contribution in [3.63, 3.8) is 0 Å². The smallest absolute Gasteiger partial charge is 0.256 e. The van der Waals surface area contributed by atoms with E-state index in [4.69, 9.17) is 0 Å². The highest BCUT2D eigenvalue weighted by molar-refractivity contribution is 6.03. The fraction of sp³-hybridized carbons (Fsp3) is 0.400. The maximum atomic E-state index is 12.3. The highest BCUT2D eigenvalue weighted by Crippen LogP contribution is 2.22. The Balaban J connectivity index is 1.99. The second-order valence-electron chi connectivity index (χ2n) is 7.49. The predicted molar refractivity (Wildman–Crippen MR) is 101 cm³/mol. The van der Waals surface area contributed by atoms with Gasteiger partial charge >= 0.3 is 0 Å². The molecule has 0 bridgehead atoms. The van der Waals surface area contributed by atoms with Crippen LogP contribution in [0.3, 0.4) is 0 Å². The number of nitrogens with one attached hydrogen (secondary N) is 2. The average molecular weight is 325 g/mol. The molecule has 0 aliphatic rings. The Kier molecular flexibility index (Phi) is 5.60. The Morgan fingerprint density at radius 3 is 2.25 bits per heavy atom. The third-order valence-corrected chi connectivity index (χ3v) is 3.73. The van der Waals surface area contributed by atoms with Gasteiger partial charge in [0, 0.05) is 12.1 Å². The van der Waals surface area contributed by atoms with Gasteiger partial charge in [-0.2, -0.15) is 0 Å². The number of carbonyl (C=O) groups excluding carboxylic acids is 1. The van der Waals surface area contributed by atoms with Gasteiger partial charge in [0.1, 0.15) is 5.82 Å². The first-order chi connectivity index (χ1) is 11.3. The Morgan fingerprint density at radius 1 is 1.08 bits per heavy atom. The first kappa shape index (κ1) is 18.0. The second kappa shape index (κ2) is 7.47. The molecule has 0 radical (unpaired) electrons. The van der Waals surface area contributed by atoms with Crippen molar-refractivity contribution in [2.24, 2.45) is 5.92 Å². The summed E-state index contributed by atoms with van der Waals surface area (Å²) in [5, 5.41) is 6.13. The lowest BCUT2D eigenvalue weighted by atomic mass is 9.87. The summed E-state index contributed by atoms with van der Waals surface area (Å²) < 4.78 is 0. The molecule has 0 spiro atoms. The van der Waals surface area contributed by atoms with E-state index in [0.29, 0.717) is 17.3 Å². The quantitative estimate of drug-likeness (QED) is 0.838. The minimum atomic E-state index is -0.147. The Hall–Kier alpha value is -2.36. The minimum absolute atomic E-state index is 0.0787. The van der Waals surface area contributed by atoms with Crippen molar-refractivity contribution in [2.45, 2.75) is 40.0 Å². The summed E-state index contributed by atoms with van der Waals surface area (Å²) in [6, 6.07) is 11.4. The van der Waals surface area contributed by atoms with Crippen molar-refractivity contribution in [2.75, 3.05) is 17.2 Å². The molecule has 0 aliphatic carbocycles. The Labute approximate surface area is 144 Å². The molecule has 1 amide bonds. The second-order valence-corrected chi connectivity index (χ2v) is 7.49. The summed E-state index contributed by atoms with van der Waals surface area (Å²) in [7, 11) is 0. The van der Waals surface area contributed by atoms with Crippen molar-refractivity contribution in [3.05, 3.63) is 53.7 Å². The van der Waals surface area contributed by atoms with Gasteiger partial charge in [-0.25, -0.2) is 4.98 Å². The monoisotopic (exact) mass is 325 g/mol. The van der Waals surface area contributed by atoms with Gasteiger partial charge in [0.2, 0.25) is 0 Å². The van der Waals surface area contributed by atoms with Crippen molar-refractivity contribution >= 4 is 17.4 Å². The molecule has 0 saturated carbocycles. The van der Waals surface area contributed by atoms with E-state index < -0.39 is 0 Å². The summed E-state index contributed by atoms with van der Waals surface area (Å²) in [6.45, 7) is 11.7. The van der Waals surface area contributed by atoms with Crippen LogP contribution in [0.1, 0.15) is 50.5 Å². The zero-order valence-electron chi connectivity index (χ0n) is 15.2. The molecule has 24 heavy (non-hydrogen) atoms. The molecule has 0 saturated heterocycles. The lowest BCUT2D eigenvalue weighted by Crippen LogP contribution is -2.15. The first-order valence-electron chi connectivity index (χ1n) is 8.37. The number of hydrogen-bond donors (Lipinski definition) is 2. The lowest BCUT2D eigenvalue weighted by molar-refractivity contribution is 0.102. The van der Waals surface area contributed by atoms with Crippen molar-refractivity contribution in [1.82, 2.24) is 4.98 Å². The number of aromatic nitrogens is 1. The van der Waals surface area contributed by atoms with Gasteiger partial charge in [-0.1, -0.05) is 46.8 Å². The molecule has 4 nitrogen and oxygen atoms in total. The van der Waals surface area contributed by atoms with E-state index in [2.05, 4.69) is 50.2 Å². The Bertz CT molecular complexity index is 668. The normalized spacial score (nSPS) is 11.4. The van der Waals surface area contributed by atoms with Crippen LogP contribution in [0.4, 0.5) is 11.5 Å². The van der Waals surface area contributed by atoms with Crippen LogP contribution in [0.5, 0.6) is 0 Å². The summed E-state index contributed by atoms with van der Waals surface area (Å²) in [4.78, 5) is 16.6. The fourth-order valence-corrected chi connectivity index (χ4v) is 2.20. The first-order valence-corrected chi connectivity index (χ1v) is 8.37. The van der Waals surface area contributed by atoms with Crippen LogP contribution in [0.2, 0.25) is 0 Å². The molecular formula is C20H27N3O. The number of nitrogens with zero attached hydrogens (tertiary/aromatic N) is 1. The van der Waals surface area contributed by atoms with E-state index in [1.807, 2.05) is 36.4 Å². The van der Waals surface area contributed by atoms with Gasteiger partial charge in [-0.3, -0.25) is 4.79 Å². The number of rotatable bonds is 5. The summed E-state index contributed by atoms with van der Waals surface area (Å²) in [5.41, 5.74) is 2.87. The van der Waals surface area contributed by atoms with E-state index in [9.17, 15) is 4.79 Å². The number of amides is 1. The summed E-state index contributed by atoms with van der Waals surface area (Å²) in [5.74, 6) is 0.973. The predicted octanol–water partition coefficient (Wildman–Crippen LogP) is 4.70. The highest BCUT2D eigenvalue weighted by Gasteiger charge is 2.14. The van der Waals surface area contributed by atoms with Crippen LogP contribution >= 0.6 is 0 Å². The molecule has 1 aromatic carbocycles. The highest BCUT2D eigenvalue weighted by atomic mass is 16.1. The average Bonchev–Trinajstić information content (AvgIpc) is 2.53. The fourth-order valence-electron chi connectivity index (χ4n) is 2.20. The standard InChI is InChI=1S/C20H27N3O/c1-14(2)12-21-17-10-11-18(22-13-17)23-19(24)15-6-8-16(9-7-15)20(3,4)5/h6-11,13-14,21H,12H2,1-5H3,(H,22,23,24). The molecule has 2 aromatic rings. The van der Waals surface area contributed by atoms with E-state index >= 15 is 0 Å². The van der Waals surface area contributed by atoms with E-state index in [-0.39, 0.29) is 11.3 Å². The van der Waals surface area contributed by atoms with Crippen LogP contribution in [0, 0.1) is 5.92 Å². The summed E-state index contributed by atoms with van der Waals surface area (Å²) in [6.07, 6.45) is 1.74. The van der Waals surface area contributed by atoms with Crippen LogP contribution in [-0.4, -0.2) is 17.4 Å². The lowest BCUT2D eigenvalue weighted by Gasteiger charge is -2.19. The van der Waals surface area contributed by atoms with Gasteiger partial charge in [-0.05, 0) is 41.2 Å². The number of hydrogen-bond acceptors (Lipinski definition) is 3. The summed E-state index contributed by atoms with van der Waals surface area (Å²) >= 11 is 0. The van der Waals surface area contributed by atoms with Gasteiger partial charge in [0.25, 0.3) is 5.91 Å². The van der Waals surface area contributed by atoms with Crippen molar-refractivity contribution < 1.29 is 4.79 Å².